The van der Waals surface area contributed by atoms with Crippen molar-refractivity contribution in [3.8, 4) is 5.75 Å². The number of rotatable bonds is 4. The van der Waals surface area contributed by atoms with Gasteiger partial charge in [0.25, 0.3) is 0 Å². The minimum absolute atomic E-state index is 0.0370. The predicted octanol–water partition coefficient (Wildman–Crippen LogP) is 1.89. The number of nitrogens with one attached hydrogen (secondary N) is 3. The number of carbonyl (C=O) groups excluding carboxylic acids is 1. The van der Waals surface area contributed by atoms with E-state index in [1.54, 1.807) is 6.07 Å². The molecule has 3 N–H and O–H groups in total. The minimum Gasteiger partial charge on any atom is -0.491 e. The Bertz CT molecular complexity index is 742. The fourth-order valence-corrected chi connectivity index (χ4v) is 3.02. The Morgan fingerprint density at radius 2 is 2.32 bits per heavy atom. The van der Waals surface area contributed by atoms with Crippen LogP contribution in [0.5, 0.6) is 5.75 Å². The van der Waals surface area contributed by atoms with E-state index in [1.807, 2.05) is 6.07 Å². The first kappa shape index (κ1) is 17.1. The number of amides is 2. The van der Waals surface area contributed by atoms with Crippen LogP contribution in [0, 0.1) is 5.82 Å². The number of nitrogens with zero attached hydrogens (tertiary/aromatic N) is 2. The number of carbonyl (C=O) groups is 1. The number of piperidine rings is 1. The lowest BCUT2D eigenvalue weighted by molar-refractivity contribution is 0.242. The molecule has 2 amide bonds. The lowest BCUT2D eigenvalue weighted by Crippen LogP contribution is -2.51. The fraction of sp³-hybridized carbons (Fsp3) is 0.353. The highest BCUT2D eigenvalue weighted by Crippen LogP contribution is 2.26. The lowest BCUT2D eigenvalue weighted by atomic mass is 9.86. The van der Waals surface area contributed by atoms with Gasteiger partial charge in [0.1, 0.15) is 12.1 Å². The lowest BCUT2D eigenvalue weighted by Gasteiger charge is -2.33. The summed E-state index contributed by atoms with van der Waals surface area (Å²) in [7, 11) is 1.48. The molecule has 0 radical (unpaired) electrons. The van der Waals surface area contributed by atoms with Crippen molar-refractivity contribution in [3.05, 3.63) is 48.2 Å². The number of benzene rings is 1. The third-order valence-corrected chi connectivity index (χ3v) is 4.21. The van der Waals surface area contributed by atoms with Gasteiger partial charge in [0.05, 0.1) is 13.3 Å². The molecule has 7 nitrogen and oxygen atoms in total. The first-order chi connectivity index (χ1) is 12.2. The van der Waals surface area contributed by atoms with Gasteiger partial charge in [-0.15, -0.1) is 0 Å². The molecule has 0 aliphatic carbocycles. The van der Waals surface area contributed by atoms with Crippen LogP contribution in [0.1, 0.15) is 17.9 Å². The van der Waals surface area contributed by atoms with Crippen LogP contribution in [0.25, 0.3) is 0 Å². The van der Waals surface area contributed by atoms with Crippen LogP contribution in [-0.4, -0.2) is 42.2 Å². The van der Waals surface area contributed by atoms with Gasteiger partial charge in [-0.25, -0.2) is 19.2 Å². The number of hydrogen-bond donors (Lipinski definition) is 3. The van der Waals surface area contributed by atoms with E-state index in [-0.39, 0.29) is 17.8 Å². The third kappa shape index (κ3) is 4.21. The van der Waals surface area contributed by atoms with Crippen molar-refractivity contribution in [2.75, 3.05) is 25.5 Å². The Labute approximate surface area is 145 Å². The topological polar surface area (TPSA) is 88.2 Å². The summed E-state index contributed by atoms with van der Waals surface area (Å²) in [5, 5.41) is 8.85. The molecule has 2 aromatic rings. The Morgan fingerprint density at radius 3 is 3.12 bits per heavy atom. The molecule has 1 aromatic heterocycles. The molecule has 2 atom stereocenters. The molecule has 1 aliphatic rings. The SMILES string of the molecule is COc1cncnc1NC(=O)N[C@@H]1CNCC[C@@H]1c1cccc(F)c1. The van der Waals surface area contributed by atoms with Crippen molar-refractivity contribution in [1.29, 1.82) is 0 Å². The van der Waals surface area contributed by atoms with Crippen molar-refractivity contribution in [2.24, 2.45) is 0 Å². The van der Waals surface area contributed by atoms with Gasteiger partial charge in [0, 0.05) is 18.5 Å². The van der Waals surface area contributed by atoms with Crippen molar-refractivity contribution in [2.45, 2.75) is 18.4 Å². The van der Waals surface area contributed by atoms with Crippen LogP contribution in [-0.2, 0) is 0 Å². The summed E-state index contributed by atoms with van der Waals surface area (Å²) >= 11 is 0. The van der Waals surface area contributed by atoms with Crippen molar-refractivity contribution >= 4 is 11.8 Å². The monoisotopic (exact) mass is 345 g/mol. The van der Waals surface area contributed by atoms with Crippen LogP contribution in [0.15, 0.2) is 36.8 Å². The van der Waals surface area contributed by atoms with E-state index in [1.165, 1.54) is 31.8 Å². The van der Waals surface area contributed by atoms with Gasteiger partial charge in [0.2, 0.25) is 0 Å². The molecule has 0 saturated carbocycles. The molecular formula is C17H20FN5O2. The number of aromatic nitrogens is 2. The zero-order valence-corrected chi connectivity index (χ0v) is 13.8. The molecular weight excluding hydrogens is 325 g/mol. The Hall–Kier alpha value is -2.74. The summed E-state index contributed by atoms with van der Waals surface area (Å²) in [6, 6.07) is 5.96. The minimum atomic E-state index is -0.396. The van der Waals surface area contributed by atoms with Crippen LogP contribution < -0.4 is 20.7 Å². The summed E-state index contributed by atoms with van der Waals surface area (Å²) in [4.78, 5) is 20.2. The van der Waals surface area contributed by atoms with Gasteiger partial charge in [-0.2, -0.15) is 0 Å². The van der Waals surface area contributed by atoms with Gasteiger partial charge in [0.15, 0.2) is 11.6 Å². The zero-order valence-electron chi connectivity index (χ0n) is 13.8. The van der Waals surface area contributed by atoms with Crippen molar-refractivity contribution in [1.82, 2.24) is 20.6 Å². The average molecular weight is 345 g/mol. The van der Waals surface area contributed by atoms with Gasteiger partial charge in [-0.3, -0.25) is 5.32 Å². The standard InChI is InChI=1S/C17H20FN5O2/c1-25-15-9-20-10-21-16(15)23-17(24)22-14-8-19-6-5-13(14)11-3-2-4-12(18)7-11/h2-4,7,9-10,13-14,19H,5-6,8H2,1H3,(H2,20,21,22,23,24)/t13-,14-/m1/s1. The van der Waals surface area contributed by atoms with Crippen molar-refractivity contribution < 1.29 is 13.9 Å². The van der Waals surface area contributed by atoms with E-state index < -0.39 is 6.03 Å². The number of urea groups is 1. The molecule has 1 fully saturated rings. The molecule has 0 bridgehead atoms. The Morgan fingerprint density at radius 1 is 1.44 bits per heavy atom. The second kappa shape index (κ2) is 7.89. The quantitative estimate of drug-likeness (QED) is 0.788. The molecule has 132 valence electrons. The number of anilines is 1. The maximum atomic E-state index is 13.5. The van der Waals surface area contributed by atoms with E-state index in [4.69, 9.17) is 4.74 Å². The summed E-state index contributed by atoms with van der Waals surface area (Å²) in [6.45, 7) is 1.43. The third-order valence-electron chi connectivity index (χ3n) is 4.21. The second-order valence-corrected chi connectivity index (χ2v) is 5.80. The fourth-order valence-electron chi connectivity index (χ4n) is 3.02. The second-order valence-electron chi connectivity index (χ2n) is 5.80. The van der Waals surface area contributed by atoms with Crippen molar-refractivity contribution in [3.63, 3.8) is 0 Å². The zero-order chi connectivity index (χ0) is 17.6. The molecule has 1 aromatic carbocycles. The van der Waals surface area contributed by atoms with Crippen LogP contribution >= 0.6 is 0 Å². The molecule has 3 rings (SSSR count). The molecule has 8 heteroatoms. The predicted molar refractivity (Wildman–Crippen MR) is 91.2 cm³/mol. The Kier molecular flexibility index (Phi) is 5.39. The number of hydrogen-bond acceptors (Lipinski definition) is 5. The normalized spacial score (nSPS) is 19.9. The maximum Gasteiger partial charge on any atom is 0.320 e. The molecule has 25 heavy (non-hydrogen) atoms. The number of ether oxygens (including phenoxy) is 1. The summed E-state index contributed by atoms with van der Waals surface area (Å²) < 4.78 is 18.7. The van der Waals surface area contributed by atoms with E-state index in [9.17, 15) is 9.18 Å². The maximum absolute atomic E-state index is 13.5. The highest BCUT2D eigenvalue weighted by atomic mass is 19.1. The highest BCUT2D eigenvalue weighted by molar-refractivity contribution is 5.89. The van der Waals surface area contributed by atoms with Gasteiger partial charge in [-0.1, -0.05) is 12.1 Å². The Balaban J connectivity index is 1.70. The number of halogens is 1. The summed E-state index contributed by atoms with van der Waals surface area (Å²) in [5.74, 6) is 0.433. The smallest absolute Gasteiger partial charge is 0.320 e. The first-order valence-electron chi connectivity index (χ1n) is 8.05. The average Bonchev–Trinajstić information content (AvgIpc) is 2.62. The first-order valence-corrected chi connectivity index (χ1v) is 8.05. The van der Waals surface area contributed by atoms with Crippen LogP contribution in [0.2, 0.25) is 0 Å². The largest absolute Gasteiger partial charge is 0.491 e. The molecule has 0 spiro atoms. The van der Waals surface area contributed by atoms with Gasteiger partial charge in [-0.05, 0) is 30.7 Å². The van der Waals surface area contributed by atoms with E-state index in [0.29, 0.717) is 18.1 Å². The van der Waals surface area contributed by atoms with E-state index >= 15 is 0 Å². The molecule has 0 unspecified atom stereocenters. The highest BCUT2D eigenvalue weighted by Gasteiger charge is 2.28. The van der Waals surface area contributed by atoms with Gasteiger partial charge < -0.3 is 15.4 Å². The number of methoxy groups -OCH3 is 1. The molecule has 1 saturated heterocycles. The summed E-state index contributed by atoms with van der Waals surface area (Å²) in [5.41, 5.74) is 0.881. The van der Waals surface area contributed by atoms with E-state index in [2.05, 4.69) is 25.9 Å². The van der Waals surface area contributed by atoms with E-state index in [0.717, 1.165) is 18.5 Å². The van der Waals surface area contributed by atoms with Crippen LogP contribution in [0.4, 0.5) is 15.0 Å². The molecule has 2 heterocycles. The molecule has 1 aliphatic heterocycles. The summed E-state index contributed by atoms with van der Waals surface area (Å²) in [6.07, 6.45) is 3.61. The van der Waals surface area contributed by atoms with Gasteiger partial charge >= 0.3 is 6.03 Å². The van der Waals surface area contributed by atoms with Crippen LogP contribution in [0.3, 0.4) is 0 Å².